The molecule has 0 heterocycles. The van der Waals surface area contributed by atoms with Crippen LogP contribution >= 0.6 is 15.9 Å². The van der Waals surface area contributed by atoms with E-state index < -0.39 is 0 Å². The maximum absolute atomic E-state index is 11.4. The number of hydrogen-bond donors (Lipinski definition) is 0. The van der Waals surface area contributed by atoms with Crippen LogP contribution in [-0.2, 0) is 11.3 Å². The van der Waals surface area contributed by atoms with Gasteiger partial charge in [0.25, 0.3) is 0 Å². The van der Waals surface area contributed by atoms with E-state index in [0.29, 0.717) is 12.2 Å². The fraction of sp³-hybridized carbons (Fsp3) is 0.133. The van der Waals surface area contributed by atoms with E-state index >= 15 is 0 Å². The molecule has 98 valence electrons. The molecule has 0 unspecified atom stereocenters. The van der Waals surface area contributed by atoms with Crippen LogP contribution < -0.4 is 4.74 Å². The standard InChI is InChI=1S/C15H13BrO3/c1-18-15(17)12-4-2-3-11(9-12)10-19-14-7-5-13(16)6-8-14/h2-9H,10H2,1H3. The summed E-state index contributed by atoms with van der Waals surface area (Å²) in [5.41, 5.74) is 1.45. The van der Waals surface area contributed by atoms with Crippen LogP contribution in [0.5, 0.6) is 5.75 Å². The average Bonchev–Trinajstić information content (AvgIpc) is 2.46. The van der Waals surface area contributed by atoms with Crippen molar-refractivity contribution in [3.05, 3.63) is 64.1 Å². The second kappa shape index (κ2) is 6.38. The normalized spacial score (nSPS) is 10.0. The summed E-state index contributed by atoms with van der Waals surface area (Å²) in [4.78, 5) is 11.4. The van der Waals surface area contributed by atoms with Crippen LogP contribution in [-0.4, -0.2) is 13.1 Å². The van der Waals surface area contributed by atoms with E-state index in [1.807, 2.05) is 36.4 Å². The second-order valence-electron chi connectivity index (χ2n) is 3.93. The highest BCUT2D eigenvalue weighted by Crippen LogP contribution is 2.17. The van der Waals surface area contributed by atoms with Gasteiger partial charge in [0.15, 0.2) is 0 Å². The number of halogens is 1. The minimum atomic E-state index is -0.342. The lowest BCUT2D eigenvalue weighted by atomic mass is 10.1. The van der Waals surface area contributed by atoms with E-state index in [1.54, 1.807) is 12.1 Å². The van der Waals surface area contributed by atoms with E-state index in [2.05, 4.69) is 20.7 Å². The smallest absolute Gasteiger partial charge is 0.337 e. The molecule has 2 aromatic carbocycles. The van der Waals surface area contributed by atoms with Gasteiger partial charge in [0, 0.05) is 4.47 Å². The van der Waals surface area contributed by atoms with Gasteiger partial charge in [0.05, 0.1) is 12.7 Å². The molecule has 19 heavy (non-hydrogen) atoms. The number of hydrogen-bond acceptors (Lipinski definition) is 3. The zero-order chi connectivity index (χ0) is 13.7. The Kier molecular flexibility index (Phi) is 4.58. The molecule has 0 spiro atoms. The van der Waals surface area contributed by atoms with Crippen LogP contribution in [0.4, 0.5) is 0 Å². The van der Waals surface area contributed by atoms with Crippen LogP contribution in [0, 0.1) is 0 Å². The molecule has 0 aliphatic carbocycles. The van der Waals surface area contributed by atoms with Gasteiger partial charge in [-0.25, -0.2) is 4.79 Å². The fourth-order valence-corrected chi connectivity index (χ4v) is 1.87. The minimum Gasteiger partial charge on any atom is -0.489 e. The molecule has 0 aromatic heterocycles. The van der Waals surface area contributed by atoms with Gasteiger partial charge in [-0.3, -0.25) is 0 Å². The van der Waals surface area contributed by atoms with Crippen molar-refractivity contribution in [1.29, 1.82) is 0 Å². The topological polar surface area (TPSA) is 35.5 Å². The van der Waals surface area contributed by atoms with Gasteiger partial charge >= 0.3 is 5.97 Å². The molecule has 0 radical (unpaired) electrons. The molecule has 0 saturated heterocycles. The Morgan fingerprint density at radius 1 is 1.16 bits per heavy atom. The van der Waals surface area contributed by atoms with Gasteiger partial charge in [-0.15, -0.1) is 0 Å². The molecule has 0 saturated carbocycles. The van der Waals surface area contributed by atoms with Crippen molar-refractivity contribution in [2.75, 3.05) is 7.11 Å². The molecule has 2 aromatic rings. The second-order valence-corrected chi connectivity index (χ2v) is 4.85. The van der Waals surface area contributed by atoms with Crippen molar-refractivity contribution in [3.8, 4) is 5.75 Å². The van der Waals surface area contributed by atoms with Crippen molar-refractivity contribution < 1.29 is 14.3 Å². The summed E-state index contributed by atoms with van der Waals surface area (Å²) >= 11 is 3.37. The zero-order valence-electron chi connectivity index (χ0n) is 10.4. The van der Waals surface area contributed by atoms with Crippen LogP contribution in [0.3, 0.4) is 0 Å². The lowest BCUT2D eigenvalue weighted by Crippen LogP contribution is -2.03. The number of carbonyl (C=O) groups is 1. The molecule has 2 rings (SSSR count). The number of benzene rings is 2. The first-order valence-electron chi connectivity index (χ1n) is 5.74. The molecule has 0 aliphatic rings. The van der Waals surface area contributed by atoms with Gasteiger partial charge in [-0.05, 0) is 42.0 Å². The van der Waals surface area contributed by atoms with Crippen LogP contribution in [0.25, 0.3) is 0 Å². The molecule has 3 nitrogen and oxygen atoms in total. The number of ether oxygens (including phenoxy) is 2. The minimum absolute atomic E-state index is 0.342. The first-order chi connectivity index (χ1) is 9.19. The first-order valence-corrected chi connectivity index (χ1v) is 6.54. The summed E-state index contributed by atoms with van der Waals surface area (Å²) in [7, 11) is 1.37. The Labute approximate surface area is 120 Å². The van der Waals surface area contributed by atoms with Crippen molar-refractivity contribution in [3.63, 3.8) is 0 Å². The monoisotopic (exact) mass is 320 g/mol. The maximum atomic E-state index is 11.4. The quantitative estimate of drug-likeness (QED) is 0.803. The molecular formula is C15H13BrO3. The summed E-state index contributed by atoms with van der Waals surface area (Å²) in [5, 5.41) is 0. The molecule has 0 bridgehead atoms. The van der Waals surface area contributed by atoms with E-state index in [0.717, 1.165) is 15.8 Å². The Morgan fingerprint density at radius 2 is 1.89 bits per heavy atom. The predicted octanol–water partition coefficient (Wildman–Crippen LogP) is 3.81. The molecule has 0 amide bonds. The Balaban J connectivity index is 2.03. The summed E-state index contributed by atoms with van der Waals surface area (Å²) in [6.07, 6.45) is 0. The lowest BCUT2D eigenvalue weighted by molar-refractivity contribution is 0.0600. The van der Waals surface area contributed by atoms with Gasteiger partial charge in [0.1, 0.15) is 12.4 Å². The summed E-state index contributed by atoms with van der Waals surface area (Å²) in [6.45, 7) is 0.409. The Hall–Kier alpha value is -1.81. The number of esters is 1. The number of carbonyl (C=O) groups excluding carboxylic acids is 1. The molecule has 0 aliphatic heterocycles. The van der Waals surface area contributed by atoms with E-state index in [9.17, 15) is 4.79 Å². The lowest BCUT2D eigenvalue weighted by Gasteiger charge is -2.07. The summed E-state index contributed by atoms with van der Waals surface area (Å²) in [5.74, 6) is 0.442. The van der Waals surface area contributed by atoms with E-state index in [1.165, 1.54) is 7.11 Å². The highest BCUT2D eigenvalue weighted by atomic mass is 79.9. The third kappa shape index (κ3) is 3.83. The van der Waals surface area contributed by atoms with Crippen molar-refractivity contribution >= 4 is 21.9 Å². The molecule has 0 N–H and O–H groups in total. The molecule has 0 atom stereocenters. The molecule has 0 fully saturated rings. The largest absolute Gasteiger partial charge is 0.489 e. The van der Waals surface area contributed by atoms with E-state index in [-0.39, 0.29) is 5.97 Å². The predicted molar refractivity (Wildman–Crippen MR) is 76.3 cm³/mol. The van der Waals surface area contributed by atoms with Crippen molar-refractivity contribution in [2.24, 2.45) is 0 Å². The van der Waals surface area contributed by atoms with E-state index in [4.69, 9.17) is 4.74 Å². The highest BCUT2D eigenvalue weighted by Gasteiger charge is 2.05. The number of rotatable bonds is 4. The Morgan fingerprint density at radius 3 is 2.58 bits per heavy atom. The van der Waals surface area contributed by atoms with Gasteiger partial charge in [-0.1, -0.05) is 28.1 Å². The third-order valence-corrected chi connectivity index (χ3v) is 3.10. The third-order valence-electron chi connectivity index (χ3n) is 2.57. The summed E-state index contributed by atoms with van der Waals surface area (Å²) < 4.78 is 11.3. The van der Waals surface area contributed by atoms with Gasteiger partial charge < -0.3 is 9.47 Å². The average molecular weight is 321 g/mol. The van der Waals surface area contributed by atoms with Crippen LogP contribution in [0.1, 0.15) is 15.9 Å². The SMILES string of the molecule is COC(=O)c1cccc(COc2ccc(Br)cc2)c1. The first kappa shape index (κ1) is 13.6. The highest BCUT2D eigenvalue weighted by molar-refractivity contribution is 9.10. The van der Waals surface area contributed by atoms with Crippen molar-refractivity contribution in [2.45, 2.75) is 6.61 Å². The fourth-order valence-electron chi connectivity index (χ4n) is 1.60. The van der Waals surface area contributed by atoms with Crippen LogP contribution in [0.15, 0.2) is 53.0 Å². The van der Waals surface area contributed by atoms with Gasteiger partial charge in [0.2, 0.25) is 0 Å². The molecule has 4 heteroatoms. The van der Waals surface area contributed by atoms with Gasteiger partial charge in [-0.2, -0.15) is 0 Å². The Bertz CT molecular complexity index is 564. The maximum Gasteiger partial charge on any atom is 0.337 e. The number of methoxy groups -OCH3 is 1. The summed E-state index contributed by atoms with van der Waals surface area (Å²) in [6, 6.07) is 14.8. The molecular weight excluding hydrogens is 308 g/mol. The van der Waals surface area contributed by atoms with Crippen molar-refractivity contribution in [1.82, 2.24) is 0 Å². The van der Waals surface area contributed by atoms with Crippen LogP contribution in [0.2, 0.25) is 0 Å². The zero-order valence-corrected chi connectivity index (χ0v) is 12.0.